The molecule has 7 heteroatoms. The van der Waals surface area contributed by atoms with E-state index in [1.807, 2.05) is 0 Å². The van der Waals surface area contributed by atoms with Crippen LogP contribution in [-0.4, -0.2) is 85.9 Å². The molecule has 51 heavy (non-hydrogen) atoms. The molecule has 0 saturated heterocycles. The topological polar surface area (TPSA) is 79.3 Å². The Morgan fingerprint density at radius 3 is 1.63 bits per heavy atom. The van der Waals surface area contributed by atoms with Gasteiger partial charge in [0.25, 0.3) is 0 Å². The Hall–Kier alpha value is -1.18. The summed E-state index contributed by atoms with van der Waals surface area (Å²) in [6, 6.07) is 0.688. The van der Waals surface area contributed by atoms with Gasteiger partial charge in [-0.05, 0) is 64.5 Å². The van der Waals surface area contributed by atoms with Crippen molar-refractivity contribution in [3.05, 3.63) is 0 Å². The van der Waals surface area contributed by atoms with Gasteiger partial charge >= 0.3 is 11.9 Å². The lowest BCUT2D eigenvalue weighted by Crippen LogP contribution is -2.44. The van der Waals surface area contributed by atoms with Crippen LogP contribution in [-0.2, 0) is 19.1 Å². The molecule has 1 aliphatic rings. The number of aliphatic hydroxyl groups excluding tert-OH is 1. The molecule has 0 aromatic heterocycles. The van der Waals surface area contributed by atoms with Gasteiger partial charge in [-0.25, -0.2) is 0 Å². The summed E-state index contributed by atoms with van der Waals surface area (Å²) in [5.41, 5.74) is 0. The van der Waals surface area contributed by atoms with E-state index in [1.165, 1.54) is 122 Å². The first-order valence-electron chi connectivity index (χ1n) is 22.3. The molecule has 1 rings (SSSR count). The van der Waals surface area contributed by atoms with Crippen LogP contribution in [0, 0.1) is 11.8 Å². The van der Waals surface area contributed by atoms with Crippen molar-refractivity contribution in [1.82, 2.24) is 9.80 Å². The fourth-order valence-corrected chi connectivity index (χ4v) is 7.39. The minimum Gasteiger partial charge on any atom is -0.465 e. The standard InChI is InChI=1S/C44H86N2O5/c1-5-8-11-14-16-17-19-22-31-43(48)50-38-41(28-23-24-32-46(42-29-25-30-42)34-33-45(4)35-36-47)39-51-44(49)37-40(26-20-13-10-7-3)27-21-18-15-12-9-6-2/h40-42,47H,5-39H2,1-4H3. The zero-order chi connectivity index (χ0) is 37.2. The van der Waals surface area contributed by atoms with Crippen LogP contribution in [0.1, 0.15) is 201 Å². The predicted molar refractivity (Wildman–Crippen MR) is 215 cm³/mol. The molecule has 1 saturated carbocycles. The molecule has 2 atom stereocenters. The molecule has 0 amide bonds. The highest BCUT2D eigenvalue weighted by Crippen LogP contribution is 2.26. The molecule has 1 aliphatic carbocycles. The lowest BCUT2D eigenvalue weighted by Gasteiger charge is -2.38. The first-order valence-corrected chi connectivity index (χ1v) is 22.3. The summed E-state index contributed by atoms with van der Waals surface area (Å²) in [5.74, 6) is 0.287. The quantitative estimate of drug-likeness (QED) is 0.0502. The van der Waals surface area contributed by atoms with E-state index in [4.69, 9.17) is 9.47 Å². The number of hydrogen-bond donors (Lipinski definition) is 1. The van der Waals surface area contributed by atoms with E-state index in [9.17, 15) is 14.7 Å². The SMILES string of the molecule is CCCCCCCCCCC(=O)OCC(CCCCN(CCN(C)CCO)C1CCC1)COC(=O)CC(CCCCCC)CCCCCCCC. The van der Waals surface area contributed by atoms with E-state index in [1.54, 1.807) is 0 Å². The van der Waals surface area contributed by atoms with Gasteiger partial charge in [0.15, 0.2) is 0 Å². The number of carbonyl (C=O) groups is 2. The van der Waals surface area contributed by atoms with Gasteiger partial charge in [-0.3, -0.25) is 14.5 Å². The van der Waals surface area contributed by atoms with Crippen molar-refractivity contribution in [1.29, 1.82) is 0 Å². The summed E-state index contributed by atoms with van der Waals surface area (Å²) in [6.45, 7) is 11.5. The van der Waals surface area contributed by atoms with Crippen LogP contribution in [0.2, 0.25) is 0 Å². The number of hydrogen-bond acceptors (Lipinski definition) is 7. The highest BCUT2D eigenvalue weighted by Gasteiger charge is 2.25. The molecule has 302 valence electrons. The largest absolute Gasteiger partial charge is 0.465 e. The van der Waals surface area contributed by atoms with Crippen LogP contribution >= 0.6 is 0 Å². The summed E-state index contributed by atoms with van der Waals surface area (Å²) in [7, 11) is 2.08. The third-order valence-electron chi connectivity index (χ3n) is 11.2. The smallest absolute Gasteiger partial charge is 0.306 e. The highest BCUT2D eigenvalue weighted by atomic mass is 16.5. The lowest BCUT2D eigenvalue weighted by molar-refractivity contribution is -0.150. The molecule has 0 bridgehead atoms. The maximum atomic E-state index is 13.2. The molecule has 0 heterocycles. The maximum absolute atomic E-state index is 13.2. The average molecular weight is 723 g/mol. The van der Waals surface area contributed by atoms with Crippen molar-refractivity contribution in [2.45, 2.75) is 207 Å². The molecule has 7 nitrogen and oxygen atoms in total. The second-order valence-electron chi connectivity index (χ2n) is 16.1. The number of esters is 2. The summed E-state index contributed by atoms with van der Waals surface area (Å²) < 4.78 is 11.8. The average Bonchev–Trinajstić information content (AvgIpc) is 3.09. The maximum Gasteiger partial charge on any atom is 0.306 e. The highest BCUT2D eigenvalue weighted by molar-refractivity contribution is 5.70. The van der Waals surface area contributed by atoms with Crippen LogP contribution in [0.15, 0.2) is 0 Å². The second-order valence-corrected chi connectivity index (χ2v) is 16.1. The molecular formula is C44H86N2O5. The Morgan fingerprint density at radius 2 is 1.08 bits per heavy atom. The molecule has 0 aromatic rings. The Bertz CT molecular complexity index is 791. The molecule has 1 N–H and O–H groups in total. The summed E-state index contributed by atoms with van der Waals surface area (Å²) in [5, 5.41) is 9.29. The van der Waals surface area contributed by atoms with E-state index in [-0.39, 0.29) is 24.5 Å². The van der Waals surface area contributed by atoms with Gasteiger partial charge in [0, 0.05) is 44.4 Å². The first-order chi connectivity index (χ1) is 24.9. The summed E-state index contributed by atoms with van der Waals surface area (Å²) in [4.78, 5) is 30.7. The number of ether oxygens (including phenoxy) is 2. The summed E-state index contributed by atoms with van der Waals surface area (Å²) >= 11 is 0. The Balaban J connectivity index is 2.63. The minimum absolute atomic E-state index is 0.0471. The van der Waals surface area contributed by atoms with Gasteiger partial charge < -0.3 is 19.5 Å². The minimum atomic E-state index is -0.105. The van der Waals surface area contributed by atoms with Crippen molar-refractivity contribution >= 4 is 11.9 Å². The van der Waals surface area contributed by atoms with E-state index < -0.39 is 0 Å². The Kier molecular flexibility index (Phi) is 32.4. The molecule has 0 aromatic carbocycles. The zero-order valence-corrected chi connectivity index (χ0v) is 34.5. The van der Waals surface area contributed by atoms with Crippen molar-refractivity contribution < 1.29 is 24.2 Å². The van der Waals surface area contributed by atoms with Gasteiger partial charge in [0.1, 0.15) is 0 Å². The number of likely N-dealkylation sites (N-methyl/N-ethyl adjacent to an activating group) is 1. The van der Waals surface area contributed by atoms with E-state index >= 15 is 0 Å². The van der Waals surface area contributed by atoms with Crippen LogP contribution in [0.4, 0.5) is 0 Å². The molecular weight excluding hydrogens is 636 g/mol. The molecule has 0 aliphatic heterocycles. The van der Waals surface area contributed by atoms with Crippen LogP contribution < -0.4 is 0 Å². The van der Waals surface area contributed by atoms with Crippen LogP contribution in [0.5, 0.6) is 0 Å². The fraction of sp³-hybridized carbons (Fsp3) is 0.955. The van der Waals surface area contributed by atoms with Crippen molar-refractivity contribution in [3.63, 3.8) is 0 Å². The fourth-order valence-electron chi connectivity index (χ4n) is 7.39. The number of nitrogens with zero attached hydrogens (tertiary/aromatic N) is 2. The van der Waals surface area contributed by atoms with Crippen LogP contribution in [0.3, 0.4) is 0 Å². The van der Waals surface area contributed by atoms with E-state index in [0.29, 0.717) is 38.0 Å². The molecule has 2 unspecified atom stereocenters. The van der Waals surface area contributed by atoms with E-state index in [2.05, 4.69) is 37.6 Å². The Labute approximate surface area is 316 Å². The van der Waals surface area contributed by atoms with Gasteiger partial charge in [-0.15, -0.1) is 0 Å². The predicted octanol–water partition coefficient (Wildman–Crippen LogP) is 10.9. The number of carbonyl (C=O) groups excluding carboxylic acids is 2. The second kappa shape index (κ2) is 34.6. The third kappa shape index (κ3) is 28.0. The van der Waals surface area contributed by atoms with Gasteiger partial charge in [-0.1, -0.05) is 143 Å². The third-order valence-corrected chi connectivity index (χ3v) is 11.2. The number of unbranched alkanes of at least 4 members (excludes halogenated alkanes) is 16. The van der Waals surface area contributed by atoms with Gasteiger partial charge in [0.05, 0.1) is 19.8 Å². The Morgan fingerprint density at radius 1 is 0.588 bits per heavy atom. The molecule has 0 radical (unpaired) electrons. The van der Waals surface area contributed by atoms with Crippen molar-refractivity contribution in [2.75, 3.05) is 53.0 Å². The normalized spacial score (nSPS) is 14.6. The van der Waals surface area contributed by atoms with Crippen molar-refractivity contribution in [2.24, 2.45) is 11.8 Å². The number of rotatable bonds is 38. The molecule has 0 spiro atoms. The van der Waals surface area contributed by atoms with E-state index in [0.717, 1.165) is 71.1 Å². The zero-order valence-electron chi connectivity index (χ0n) is 34.5. The van der Waals surface area contributed by atoms with Gasteiger partial charge in [-0.2, -0.15) is 0 Å². The van der Waals surface area contributed by atoms with Gasteiger partial charge in [0.2, 0.25) is 0 Å². The number of aliphatic hydroxyl groups is 1. The monoisotopic (exact) mass is 723 g/mol. The lowest BCUT2D eigenvalue weighted by atomic mass is 9.91. The molecule has 1 fully saturated rings. The first kappa shape index (κ1) is 47.8. The van der Waals surface area contributed by atoms with Crippen LogP contribution in [0.25, 0.3) is 0 Å². The van der Waals surface area contributed by atoms with Crippen molar-refractivity contribution in [3.8, 4) is 0 Å². The summed E-state index contributed by atoms with van der Waals surface area (Å²) in [6.07, 6.45) is 32.5.